The van der Waals surface area contributed by atoms with Crippen LogP contribution in [-0.4, -0.2) is 44.1 Å². The lowest BCUT2D eigenvalue weighted by Gasteiger charge is -2.23. The maximum Gasteiger partial charge on any atom is 0.236 e. The fraction of sp³-hybridized carbons (Fsp3) is 0.462. The molecule has 0 spiro atoms. The van der Waals surface area contributed by atoms with E-state index in [1.807, 2.05) is 31.0 Å². The minimum Gasteiger partial charge on any atom is -0.492 e. The second kappa shape index (κ2) is 7.24. The van der Waals surface area contributed by atoms with Gasteiger partial charge in [0.05, 0.1) is 6.04 Å². The summed E-state index contributed by atoms with van der Waals surface area (Å²) in [6.07, 6.45) is 0. The van der Waals surface area contributed by atoms with E-state index in [0.717, 1.165) is 5.75 Å². The number of rotatable bonds is 6. The zero-order chi connectivity index (χ0) is 13.5. The quantitative estimate of drug-likeness (QED) is 0.857. The number of likely N-dealkylation sites (N-methyl/N-ethyl adjacent to an activating group) is 2. The van der Waals surface area contributed by atoms with E-state index in [1.54, 1.807) is 19.2 Å². The molecule has 0 aliphatic rings. The van der Waals surface area contributed by atoms with Crippen LogP contribution in [0, 0.1) is 0 Å². The minimum absolute atomic E-state index is 0.00370. The van der Waals surface area contributed by atoms with Crippen molar-refractivity contribution in [3.63, 3.8) is 0 Å². The fourth-order valence-corrected chi connectivity index (χ4v) is 1.57. The summed E-state index contributed by atoms with van der Waals surface area (Å²) in [6, 6.07) is 7.06. The molecule has 0 heterocycles. The van der Waals surface area contributed by atoms with Crippen LogP contribution < -0.4 is 10.1 Å². The summed E-state index contributed by atoms with van der Waals surface area (Å²) >= 11 is 5.78. The van der Waals surface area contributed by atoms with Gasteiger partial charge in [0.1, 0.15) is 12.4 Å². The van der Waals surface area contributed by atoms with Gasteiger partial charge in [0.25, 0.3) is 0 Å². The van der Waals surface area contributed by atoms with Crippen LogP contribution in [-0.2, 0) is 4.79 Å². The molecule has 0 unspecified atom stereocenters. The Bertz CT molecular complexity index is 381. The first-order chi connectivity index (χ1) is 8.54. The third-order valence-electron chi connectivity index (χ3n) is 2.81. The SMILES string of the molecule is CNC(=O)[C@H](C)N(C)CCOc1ccc(Cl)cc1. The molecule has 1 amide bonds. The Morgan fingerprint density at radius 2 is 2.06 bits per heavy atom. The number of halogens is 1. The Morgan fingerprint density at radius 3 is 2.61 bits per heavy atom. The van der Waals surface area contributed by atoms with Crippen LogP contribution >= 0.6 is 11.6 Å². The van der Waals surface area contributed by atoms with Crippen LogP contribution in [0.4, 0.5) is 0 Å². The molecule has 0 aliphatic heterocycles. The molecule has 5 heteroatoms. The molecule has 0 saturated carbocycles. The van der Waals surface area contributed by atoms with Gasteiger partial charge in [-0.05, 0) is 38.2 Å². The number of nitrogens with zero attached hydrogens (tertiary/aromatic N) is 1. The molecule has 4 nitrogen and oxygen atoms in total. The summed E-state index contributed by atoms with van der Waals surface area (Å²) in [6.45, 7) is 3.07. The third kappa shape index (κ3) is 4.55. The molecule has 1 atom stereocenters. The van der Waals surface area contributed by atoms with Gasteiger partial charge in [-0.1, -0.05) is 11.6 Å². The van der Waals surface area contributed by atoms with Crippen LogP contribution in [0.1, 0.15) is 6.92 Å². The monoisotopic (exact) mass is 270 g/mol. The lowest BCUT2D eigenvalue weighted by Crippen LogP contribution is -2.43. The van der Waals surface area contributed by atoms with Crippen LogP contribution in [0.3, 0.4) is 0 Å². The van der Waals surface area contributed by atoms with Crippen LogP contribution in [0.2, 0.25) is 5.02 Å². The molecule has 1 rings (SSSR count). The van der Waals surface area contributed by atoms with E-state index in [2.05, 4.69) is 5.32 Å². The molecule has 0 fully saturated rings. The summed E-state index contributed by atoms with van der Waals surface area (Å²) in [5.74, 6) is 0.782. The minimum atomic E-state index is -0.163. The lowest BCUT2D eigenvalue weighted by atomic mass is 10.3. The van der Waals surface area contributed by atoms with Crippen molar-refractivity contribution >= 4 is 17.5 Å². The molecule has 0 radical (unpaired) electrons. The van der Waals surface area contributed by atoms with E-state index in [4.69, 9.17) is 16.3 Å². The molecule has 0 aliphatic carbocycles. The Balaban J connectivity index is 2.33. The number of hydrogen-bond acceptors (Lipinski definition) is 3. The second-order valence-electron chi connectivity index (χ2n) is 4.07. The lowest BCUT2D eigenvalue weighted by molar-refractivity contribution is -0.125. The number of hydrogen-bond donors (Lipinski definition) is 1. The highest BCUT2D eigenvalue weighted by atomic mass is 35.5. The molecule has 0 bridgehead atoms. The number of carbonyl (C=O) groups is 1. The Morgan fingerprint density at radius 1 is 1.44 bits per heavy atom. The van der Waals surface area contributed by atoms with Gasteiger partial charge < -0.3 is 10.1 Å². The third-order valence-corrected chi connectivity index (χ3v) is 3.07. The Hall–Kier alpha value is -1.26. The Labute approximate surface area is 113 Å². The first kappa shape index (κ1) is 14.8. The highest BCUT2D eigenvalue weighted by Gasteiger charge is 2.15. The van der Waals surface area contributed by atoms with E-state index in [1.165, 1.54) is 0 Å². The smallest absolute Gasteiger partial charge is 0.236 e. The van der Waals surface area contributed by atoms with Crippen molar-refractivity contribution in [1.29, 1.82) is 0 Å². The largest absolute Gasteiger partial charge is 0.492 e. The summed E-state index contributed by atoms with van der Waals surface area (Å²) in [5, 5.41) is 3.31. The molecule has 1 N–H and O–H groups in total. The van der Waals surface area contributed by atoms with Gasteiger partial charge in [-0.2, -0.15) is 0 Å². The maximum absolute atomic E-state index is 11.4. The topological polar surface area (TPSA) is 41.6 Å². The average Bonchev–Trinajstić information content (AvgIpc) is 2.39. The van der Waals surface area contributed by atoms with Gasteiger partial charge in [0.15, 0.2) is 0 Å². The van der Waals surface area contributed by atoms with Crippen molar-refractivity contribution in [3.05, 3.63) is 29.3 Å². The van der Waals surface area contributed by atoms with E-state index in [-0.39, 0.29) is 11.9 Å². The zero-order valence-corrected chi connectivity index (χ0v) is 11.7. The Kier molecular flexibility index (Phi) is 5.95. The van der Waals surface area contributed by atoms with Gasteiger partial charge in [-0.15, -0.1) is 0 Å². The number of amides is 1. The average molecular weight is 271 g/mol. The molecule has 1 aromatic carbocycles. The van der Waals surface area contributed by atoms with Crippen molar-refractivity contribution in [2.45, 2.75) is 13.0 Å². The van der Waals surface area contributed by atoms with Crippen molar-refractivity contribution in [1.82, 2.24) is 10.2 Å². The molecule has 0 aromatic heterocycles. The van der Waals surface area contributed by atoms with E-state index in [9.17, 15) is 4.79 Å². The summed E-state index contributed by atoms with van der Waals surface area (Å²) in [5.41, 5.74) is 0. The molecule has 1 aromatic rings. The summed E-state index contributed by atoms with van der Waals surface area (Å²) in [4.78, 5) is 13.4. The van der Waals surface area contributed by atoms with Crippen molar-refractivity contribution in [2.75, 3.05) is 27.2 Å². The predicted octanol–water partition coefficient (Wildman–Crippen LogP) is 1.79. The number of ether oxygens (including phenoxy) is 1. The normalized spacial score (nSPS) is 12.3. The van der Waals surface area contributed by atoms with Crippen LogP contribution in [0.15, 0.2) is 24.3 Å². The molecular formula is C13H19ClN2O2. The van der Waals surface area contributed by atoms with Crippen molar-refractivity contribution in [3.8, 4) is 5.75 Å². The number of carbonyl (C=O) groups excluding carboxylic acids is 1. The second-order valence-corrected chi connectivity index (χ2v) is 4.51. The fourth-order valence-electron chi connectivity index (χ4n) is 1.44. The first-order valence-electron chi connectivity index (χ1n) is 5.84. The number of nitrogens with one attached hydrogen (secondary N) is 1. The number of benzene rings is 1. The molecule has 0 saturated heterocycles. The molecule has 100 valence electrons. The summed E-state index contributed by atoms with van der Waals surface area (Å²) < 4.78 is 5.56. The van der Waals surface area contributed by atoms with E-state index >= 15 is 0 Å². The van der Waals surface area contributed by atoms with Gasteiger partial charge in [-0.3, -0.25) is 9.69 Å². The first-order valence-corrected chi connectivity index (χ1v) is 6.22. The van der Waals surface area contributed by atoms with Crippen LogP contribution in [0.5, 0.6) is 5.75 Å². The molecular weight excluding hydrogens is 252 g/mol. The standard InChI is InChI=1S/C13H19ClN2O2/c1-10(13(17)15-2)16(3)8-9-18-12-6-4-11(14)5-7-12/h4-7,10H,8-9H2,1-3H3,(H,15,17)/t10-/m0/s1. The maximum atomic E-state index is 11.4. The van der Waals surface area contributed by atoms with Crippen molar-refractivity contribution < 1.29 is 9.53 Å². The van der Waals surface area contributed by atoms with Gasteiger partial charge >= 0.3 is 0 Å². The van der Waals surface area contributed by atoms with E-state index in [0.29, 0.717) is 18.2 Å². The van der Waals surface area contributed by atoms with Gasteiger partial charge in [-0.25, -0.2) is 0 Å². The highest BCUT2D eigenvalue weighted by Crippen LogP contribution is 2.15. The zero-order valence-electron chi connectivity index (χ0n) is 10.9. The van der Waals surface area contributed by atoms with Crippen LogP contribution in [0.25, 0.3) is 0 Å². The van der Waals surface area contributed by atoms with E-state index < -0.39 is 0 Å². The van der Waals surface area contributed by atoms with Crippen molar-refractivity contribution in [2.24, 2.45) is 0 Å². The highest BCUT2D eigenvalue weighted by molar-refractivity contribution is 6.30. The summed E-state index contributed by atoms with van der Waals surface area (Å²) in [7, 11) is 3.53. The predicted molar refractivity (Wildman–Crippen MR) is 73.1 cm³/mol. The van der Waals surface area contributed by atoms with Gasteiger partial charge in [0.2, 0.25) is 5.91 Å². The molecule has 18 heavy (non-hydrogen) atoms. The van der Waals surface area contributed by atoms with Gasteiger partial charge in [0, 0.05) is 18.6 Å².